The van der Waals surface area contributed by atoms with Crippen LogP contribution in [0.15, 0.2) is 0 Å². The summed E-state index contributed by atoms with van der Waals surface area (Å²) >= 11 is 0. The number of likely N-dealkylation sites (N-methyl/N-ethyl adjacent to an activating group) is 1. The summed E-state index contributed by atoms with van der Waals surface area (Å²) in [5, 5.41) is 0. The van der Waals surface area contributed by atoms with E-state index in [0.717, 1.165) is 12.8 Å². The molecule has 136 valence electrons. The molecule has 24 heavy (non-hydrogen) atoms. The van der Waals surface area contributed by atoms with Gasteiger partial charge in [0.2, 0.25) is 5.91 Å². The molecule has 0 radical (unpaired) electrons. The second-order valence-corrected chi connectivity index (χ2v) is 6.06. The molecule has 2 heterocycles. The van der Waals surface area contributed by atoms with E-state index in [-0.39, 0.29) is 18.6 Å². The first-order valence-corrected chi connectivity index (χ1v) is 8.53. The number of hydrogen-bond donors (Lipinski definition) is 0. The minimum Gasteiger partial charge on any atom is -0.382 e. The third-order valence-electron chi connectivity index (χ3n) is 4.54. The number of piperazine rings is 1. The SMILES string of the molecule is CCN1CCN(CC(=O)N2CCC(OCCOC)CC2)C(=O)C1=O. The highest BCUT2D eigenvalue weighted by molar-refractivity contribution is 6.35. The van der Waals surface area contributed by atoms with Gasteiger partial charge in [0.15, 0.2) is 0 Å². The van der Waals surface area contributed by atoms with E-state index >= 15 is 0 Å². The standard InChI is InChI=1S/C16H27N3O5/c1-3-17-8-9-19(16(22)15(17)21)12-14(20)18-6-4-13(5-7-18)24-11-10-23-2/h13H,3-12H2,1-2H3. The number of hydrogen-bond acceptors (Lipinski definition) is 5. The molecule has 2 rings (SSSR count). The smallest absolute Gasteiger partial charge is 0.312 e. The molecule has 2 aliphatic heterocycles. The fraction of sp³-hybridized carbons (Fsp3) is 0.812. The van der Waals surface area contributed by atoms with E-state index in [2.05, 4.69) is 0 Å². The van der Waals surface area contributed by atoms with Crippen LogP contribution in [-0.2, 0) is 23.9 Å². The van der Waals surface area contributed by atoms with Gasteiger partial charge in [-0.1, -0.05) is 0 Å². The van der Waals surface area contributed by atoms with E-state index in [1.165, 1.54) is 9.80 Å². The third kappa shape index (κ3) is 4.67. The van der Waals surface area contributed by atoms with E-state index < -0.39 is 11.8 Å². The van der Waals surface area contributed by atoms with Gasteiger partial charge in [-0.3, -0.25) is 14.4 Å². The first-order valence-electron chi connectivity index (χ1n) is 8.53. The number of likely N-dealkylation sites (tertiary alicyclic amines) is 1. The molecule has 8 nitrogen and oxygen atoms in total. The Hall–Kier alpha value is -1.67. The number of methoxy groups -OCH3 is 1. The van der Waals surface area contributed by atoms with Gasteiger partial charge in [0.05, 0.1) is 19.3 Å². The Bertz CT molecular complexity index is 463. The lowest BCUT2D eigenvalue weighted by molar-refractivity contribution is -0.157. The van der Waals surface area contributed by atoms with Crippen LogP contribution in [0.3, 0.4) is 0 Å². The zero-order valence-electron chi connectivity index (χ0n) is 14.5. The maximum atomic E-state index is 12.4. The zero-order chi connectivity index (χ0) is 17.5. The second-order valence-electron chi connectivity index (χ2n) is 6.06. The van der Waals surface area contributed by atoms with Crippen molar-refractivity contribution < 1.29 is 23.9 Å². The molecule has 0 unspecified atom stereocenters. The minimum absolute atomic E-state index is 0.0165. The molecule has 2 saturated heterocycles. The molecule has 2 fully saturated rings. The molecule has 2 aliphatic rings. The van der Waals surface area contributed by atoms with Gasteiger partial charge in [-0.25, -0.2) is 0 Å². The van der Waals surface area contributed by atoms with Gasteiger partial charge in [0.25, 0.3) is 0 Å². The summed E-state index contributed by atoms with van der Waals surface area (Å²) in [7, 11) is 1.64. The molecule has 0 aliphatic carbocycles. The van der Waals surface area contributed by atoms with Gasteiger partial charge in [-0.2, -0.15) is 0 Å². The predicted octanol–water partition coefficient (Wildman–Crippen LogP) is -0.669. The summed E-state index contributed by atoms with van der Waals surface area (Å²) in [5.74, 6) is -1.19. The van der Waals surface area contributed by atoms with Crippen molar-refractivity contribution in [1.29, 1.82) is 0 Å². The third-order valence-corrected chi connectivity index (χ3v) is 4.54. The maximum absolute atomic E-state index is 12.4. The average Bonchev–Trinajstić information content (AvgIpc) is 2.60. The topological polar surface area (TPSA) is 79.4 Å². The van der Waals surface area contributed by atoms with Crippen LogP contribution in [0.1, 0.15) is 19.8 Å². The average molecular weight is 341 g/mol. The maximum Gasteiger partial charge on any atom is 0.312 e. The Morgan fingerprint density at radius 1 is 1.04 bits per heavy atom. The van der Waals surface area contributed by atoms with E-state index in [4.69, 9.17) is 9.47 Å². The molecule has 8 heteroatoms. The van der Waals surface area contributed by atoms with Crippen LogP contribution in [0.5, 0.6) is 0 Å². The van der Waals surface area contributed by atoms with Crippen molar-refractivity contribution in [2.24, 2.45) is 0 Å². The van der Waals surface area contributed by atoms with Crippen molar-refractivity contribution in [2.45, 2.75) is 25.9 Å². The van der Waals surface area contributed by atoms with Crippen molar-refractivity contribution >= 4 is 17.7 Å². The lowest BCUT2D eigenvalue weighted by atomic mass is 10.1. The number of carbonyl (C=O) groups excluding carboxylic acids is 3. The molecule has 0 aromatic rings. The fourth-order valence-electron chi connectivity index (χ4n) is 3.00. The van der Waals surface area contributed by atoms with Gasteiger partial charge in [0.1, 0.15) is 6.54 Å². The van der Waals surface area contributed by atoms with Gasteiger partial charge in [-0.05, 0) is 19.8 Å². The Labute approximate surface area is 142 Å². The summed E-state index contributed by atoms with van der Waals surface area (Å²) in [5.41, 5.74) is 0. The first kappa shape index (κ1) is 18.7. The Kier molecular flexibility index (Phi) is 6.99. The Morgan fingerprint density at radius 3 is 2.29 bits per heavy atom. The number of rotatable bonds is 7. The highest BCUT2D eigenvalue weighted by Gasteiger charge is 2.34. The van der Waals surface area contributed by atoms with Crippen LogP contribution in [-0.4, -0.2) is 98.1 Å². The molecule has 0 aromatic carbocycles. The lowest BCUT2D eigenvalue weighted by Gasteiger charge is -2.36. The predicted molar refractivity (Wildman–Crippen MR) is 86.3 cm³/mol. The summed E-state index contributed by atoms with van der Waals surface area (Å²) in [4.78, 5) is 40.9. The lowest BCUT2D eigenvalue weighted by Crippen LogP contribution is -2.56. The highest BCUT2D eigenvalue weighted by Crippen LogP contribution is 2.14. The quantitative estimate of drug-likeness (QED) is 0.453. The van der Waals surface area contributed by atoms with Crippen molar-refractivity contribution in [1.82, 2.24) is 14.7 Å². The van der Waals surface area contributed by atoms with Crippen LogP contribution >= 0.6 is 0 Å². The van der Waals surface area contributed by atoms with Crippen molar-refractivity contribution in [3.05, 3.63) is 0 Å². The van der Waals surface area contributed by atoms with Gasteiger partial charge >= 0.3 is 11.8 Å². The largest absolute Gasteiger partial charge is 0.382 e. The van der Waals surface area contributed by atoms with E-state index in [1.807, 2.05) is 6.92 Å². The monoisotopic (exact) mass is 341 g/mol. The molecule has 0 aromatic heterocycles. The Morgan fingerprint density at radius 2 is 1.67 bits per heavy atom. The van der Waals surface area contributed by atoms with Crippen LogP contribution in [0.4, 0.5) is 0 Å². The second kappa shape index (κ2) is 8.98. The molecule has 0 atom stereocenters. The molecule has 0 spiro atoms. The fourth-order valence-corrected chi connectivity index (χ4v) is 3.00. The van der Waals surface area contributed by atoms with Crippen LogP contribution in [0.2, 0.25) is 0 Å². The Balaban J connectivity index is 1.76. The van der Waals surface area contributed by atoms with E-state index in [9.17, 15) is 14.4 Å². The van der Waals surface area contributed by atoms with Crippen molar-refractivity contribution in [3.8, 4) is 0 Å². The number of ether oxygens (including phenoxy) is 2. The van der Waals surface area contributed by atoms with Crippen molar-refractivity contribution in [3.63, 3.8) is 0 Å². The number of carbonyl (C=O) groups is 3. The summed E-state index contributed by atoms with van der Waals surface area (Å²) < 4.78 is 10.6. The molecule has 0 bridgehead atoms. The van der Waals surface area contributed by atoms with Crippen molar-refractivity contribution in [2.75, 3.05) is 59.6 Å². The molecule has 0 saturated carbocycles. The summed E-state index contributed by atoms with van der Waals surface area (Å²) in [6, 6.07) is 0. The first-order chi connectivity index (χ1) is 11.6. The van der Waals surface area contributed by atoms with Gasteiger partial charge in [0, 0.05) is 39.8 Å². The summed E-state index contributed by atoms with van der Waals surface area (Å²) in [6.45, 7) is 5.61. The zero-order valence-corrected chi connectivity index (χ0v) is 14.5. The number of piperidine rings is 1. The van der Waals surface area contributed by atoms with Gasteiger partial charge < -0.3 is 24.2 Å². The molecule has 3 amide bonds. The van der Waals surface area contributed by atoms with Crippen LogP contribution in [0.25, 0.3) is 0 Å². The minimum atomic E-state index is -0.575. The number of amides is 3. The molecular weight excluding hydrogens is 314 g/mol. The number of nitrogens with zero attached hydrogens (tertiary/aromatic N) is 3. The highest BCUT2D eigenvalue weighted by atomic mass is 16.5. The van der Waals surface area contributed by atoms with Crippen LogP contribution < -0.4 is 0 Å². The van der Waals surface area contributed by atoms with Crippen LogP contribution in [0, 0.1) is 0 Å². The van der Waals surface area contributed by atoms with E-state index in [0.29, 0.717) is 45.9 Å². The van der Waals surface area contributed by atoms with E-state index in [1.54, 1.807) is 12.0 Å². The normalized spacial score (nSPS) is 20.0. The summed E-state index contributed by atoms with van der Waals surface area (Å²) in [6.07, 6.45) is 1.72. The molecule has 0 N–H and O–H groups in total. The van der Waals surface area contributed by atoms with Gasteiger partial charge in [-0.15, -0.1) is 0 Å². The molecular formula is C16H27N3O5.